The van der Waals surface area contributed by atoms with E-state index in [0.717, 1.165) is 14.2 Å². The molecule has 1 aromatic heterocycles. The molecular weight excluding hydrogens is 212 g/mol. The van der Waals surface area contributed by atoms with Crippen molar-refractivity contribution in [2.75, 3.05) is 5.73 Å². The molecule has 0 bridgehead atoms. The number of nitrogens with one attached hydrogen (secondary N) is 1. The van der Waals surface area contributed by atoms with Crippen LogP contribution in [-0.2, 0) is 0 Å². The molecule has 0 fully saturated rings. The van der Waals surface area contributed by atoms with E-state index in [2.05, 4.69) is 4.98 Å². The Labute approximate surface area is 83.0 Å². The molecule has 2 aromatic rings. The summed E-state index contributed by atoms with van der Waals surface area (Å²) in [6.07, 6.45) is 0. The molecule has 5 heteroatoms. The highest BCUT2D eigenvalue weighted by molar-refractivity contribution is 7.73. The van der Waals surface area contributed by atoms with E-state index in [0.29, 0.717) is 10.7 Å². The van der Waals surface area contributed by atoms with Gasteiger partial charge in [-0.05, 0) is 24.4 Å². The molecule has 0 saturated carbocycles. The average molecular weight is 217 g/mol. The van der Waals surface area contributed by atoms with Gasteiger partial charge in [0.05, 0.1) is 20.9 Å². The number of nitrogens with two attached hydrogens (primary N) is 1. The summed E-state index contributed by atoms with van der Waals surface area (Å²) >= 11 is 12.3. The third kappa shape index (κ3) is 1.12. The van der Waals surface area contributed by atoms with Crippen molar-refractivity contribution in [3.63, 3.8) is 0 Å². The summed E-state index contributed by atoms with van der Waals surface area (Å²) in [7, 11) is 0. The quantitative estimate of drug-likeness (QED) is 0.525. The third-order valence-corrected chi connectivity index (χ3v) is 3.11. The second-order valence-electron chi connectivity index (χ2n) is 2.35. The lowest BCUT2D eigenvalue weighted by molar-refractivity contribution is 1.47. The first kappa shape index (κ1) is 8.04. The summed E-state index contributed by atoms with van der Waals surface area (Å²) in [5.74, 6) is 0. The fourth-order valence-corrected chi connectivity index (χ4v) is 2.30. The van der Waals surface area contributed by atoms with E-state index in [1.165, 1.54) is 11.3 Å². The maximum absolute atomic E-state index is 5.82. The number of rotatable bonds is 0. The SMILES string of the molecule is Nc1c(Cl)ccc2sc(=S)[nH]c12. The molecule has 0 aliphatic carbocycles. The number of aromatic nitrogens is 1. The van der Waals surface area contributed by atoms with Crippen LogP contribution in [0.2, 0.25) is 5.02 Å². The Morgan fingerprint density at radius 1 is 1.50 bits per heavy atom. The topological polar surface area (TPSA) is 41.8 Å². The van der Waals surface area contributed by atoms with Gasteiger partial charge in [0.15, 0.2) is 3.95 Å². The maximum Gasteiger partial charge on any atom is 0.159 e. The number of halogens is 1. The van der Waals surface area contributed by atoms with Crippen molar-refractivity contribution in [1.82, 2.24) is 4.98 Å². The molecule has 3 N–H and O–H groups in total. The Morgan fingerprint density at radius 3 is 3.00 bits per heavy atom. The zero-order valence-electron chi connectivity index (χ0n) is 5.93. The number of hydrogen-bond donors (Lipinski definition) is 2. The van der Waals surface area contributed by atoms with Crippen LogP contribution in [0, 0.1) is 3.95 Å². The first-order valence-corrected chi connectivity index (χ1v) is 4.85. The van der Waals surface area contributed by atoms with Crippen molar-refractivity contribution < 1.29 is 0 Å². The Kier molecular flexibility index (Phi) is 1.83. The van der Waals surface area contributed by atoms with Gasteiger partial charge >= 0.3 is 0 Å². The fraction of sp³-hybridized carbons (Fsp3) is 0. The molecule has 62 valence electrons. The molecule has 0 atom stereocenters. The number of nitrogen functional groups attached to an aromatic ring is 1. The molecule has 0 aliphatic heterocycles. The number of aromatic amines is 1. The van der Waals surface area contributed by atoms with Gasteiger partial charge in [0, 0.05) is 0 Å². The lowest BCUT2D eigenvalue weighted by Gasteiger charge is -1.96. The summed E-state index contributed by atoms with van der Waals surface area (Å²) in [4.78, 5) is 2.99. The molecule has 2 rings (SSSR count). The van der Waals surface area contributed by atoms with E-state index in [1.54, 1.807) is 6.07 Å². The van der Waals surface area contributed by atoms with Gasteiger partial charge in [0.2, 0.25) is 0 Å². The summed E-state index contributed by atoms with van der Waals surface area (Å²) in [5.41, 5.74) is 7.14. The largest absolute Gasteiger partial charge is 0.396 e. The van der Waals surface area contributed by atoms with E-state index in [9.17, 15) is 0 Å². The number of thiazole rings is 1. The zero-order chi connectivity index (χ0) is 8.72. The highest BCUT2D eigenvalue weighted by Gasteiger charge is 2.03. The van der Waals surface area contributed by atoms with E-state index < -0.39 is 0 Å². The van der Waals surface area contributed by atoms with Gasteiger partial charge in [-0.15, -0.1) is 11.3 Å². The molecule has 0 saturated heterocycles. The van der Waals surface area contributed by atoms with Crippen LogP contribution < -0.4 is 5.73 Å². The Hall–Kier alpha value is -0.580. The van der Waals surface area contributed by atoms with E-state index in [4.69, 9.17) is 29.6 Å². The molecule has 0 spiro atoms. The minimum absolute atomic E-state index is 0.562. The lowest BCUT2D eigenvalue weighted by atomic mass is 10.3. The van der Waals surface area contributed by atoms with Gasteiger partial charge in [-0.3, -0.25) is 0 Å². The minimum atomic E-state index is 0.562. The second-order valence-corrected chi connectivity index (χ2v) is 4.47. The minimum Gasteiger partial charge on any atom is -0.396 e. The number of H-pyrrole nitrogens is 1. The van der Waals surface area contributed by atoms with Crippen LogP contribution in [0.25, 0.3) is 10.2 Å². The summed E-state index contributed by atoms with van der Waals surface area (Å²) in [5, 5.41) is 0.562. The molecular formula is C7H5ClN2S2. The second kappa shape index (κ2) is 2.73. The number of anilines is 1. The van der Waals surface area contributed by atoms with Gasteiger partial charge < -0.3 is 10.7 Å². The van der Waals surface area contributed by atoms with Crippen LogP contribution in [0.15, 0.2) is 12.1 Å². The van der Waals surface area contributed by atoms with Crippen LogP contribution in [0.3, 0.4) is 0 Å². The van der Waals surface area contributed by atoms with Crippen molar-refractivity contribution in [2.45, 2.75) is 0 Å². The lowest BCUT2D eigenvalue weighted by Crippen LogP contribution is -1.86. The Morgan fingerprint density at radius 2 is 2.25 bits per heavy atom. The smallest absolute Gasteiger partial charge is 0.159 e. The van der Waals surface area contributed by atoms with E-state index in [-0.39, 0.29) is 0 Å². The molecule has 1 aromatic carbocycles. The van der Waals surface area contributed by atoms with Gasteiger partial charge in [0.1, 0.15) is 0 Å². The van der Waals surface area contributed by atoms with Crippen LogP contribution in [0.1, 0.15) is 0 Å². The summed E-state index contributed by atoms with van der Waals surface area (Å²) in [6.45, 7) is 0. The van der Waals surface area contributed by atoms with E-state index in [1.807, 2.05) is 6.07 Å². The first-order chi connectivity index (χ1) is 5.68. The average Bonchev–Trinajstić information content (AvgIpc) is 2.39. The van der Waals surface area contributed by atoms with Gasteiger partial charge in [-0.2, -0.15) is 0 Å². The van der Waals surface area contributed by atoms with Crippen LogP contribution >= 0.6 is 35.2 Å². The van der Waals surface area contributed by atoms with Gasteiger partial charge in [0.25, 0.3) is 0 Å². The normalized spacial score (nSPS) is 10.8. The molecule has 0 amide bonds. The van der Waals surface area contributed by atoms with Crippen molar-refractivity contribution in [2.24, 2.45) is 0 Å². The predicted octanol–water partition coefficient (Wildman–Crippen LogP) is 3.19. The standard InChI is InChI=1S/C7H5ClN2S2/c8-3-1-2-4-6(5(3)9)10-7(11)12-4/h1-2H,9H2,(H,10,11). The van der Waals surface area contributed by atoms with Crippen LogP contribution in [0.5, 0.6) is 0 Å². The van der Waals surface area contributed by atoms with Crippen molar-refractivity contribution in [3.05, 3.63) is 21.1 Å². The number of hydrogen-bond acceptors (Lipinski definition) is 3. The molecule has 0 aliphatic rings. The maximum atomic E-state index is 5.82. The van der Waals surface area contributed by atoms with E-state index >= 15 is 0 Å². The van der Waals surface area contributed by atoms with Crippen molar-refractivity contribution >= 4 is 51.1 Å². The Balaban J connectivity index is 2.99. The highest BCUT2D eigenvalue weighted by atomic mass is 35.5. The van der Waals surface area contributed by atoms with Crippen molar-refractivity contribution in [1.29, 1.82) is 0 Å². The predicted molar refractivity (Wildman–Crippen MR) is 56.4 cm³/mol. The summed E-state index contributed by atoms with van der Waals surface area (Å²) in [6, 6.07) is 3.68. The van der Waals surface area contributed by atoms with Gasteiger partial charge in [-0.1, -0.05) is 11.6 Å². The third-order valence-electron chi connectivity index (χ3n) is 1.58. The monoisotopic (exact) mass is 216 g/mol. The van der Waals surface area contributed by atoms with Gasteiger partial charge in [-0.25, -0.2) is 0 Å². The molecule has 2 nitrogen and oxygen atoms in total. The fourth-order valence-electron chi connectivity index (χ4n) is 1.02. The van der Waals surface area contributed by atoms with Crippen LogP contribution in [0.4, 0.5) is 5.69 Å². The number of benzene rings is 1. The first-order valence-electron chi connectivity index (χ1n) is 3.25. The highest BCUT2D eigenvalue weighted by Crippen LogP contribution is 2.30. The molecule has 1 heterocycles. The molecule has 12 heavy (non-hydrogen) atoms. The number of fused-ring (bicyclic) bond motifs is 1. The zero-order valence-corrected chi connectivity index (χ0v) is 8.32. The summed E-state index contributed by atoms with van der Waals surface area (Å²) < 4.78 is 1.76. The Bertz CT molecular complexity index is 486. The van der Waals surface area contributed by atoms with Crippen molar-refractivity contribution in [3.8, 4) is 0 Å². The molecule has 0 radical (unpaired) electrons. The molecule has 0 unspecified atom stereocenters. The van der Waals surface area contributed by atoms with Crippen LogP contribution in [-0.4, -0.2) is 4.98 Å².